The molecule has 0 aliphatic rings. The first kappa shape index (κ1) is 34.5. The number of aliphatic carboxylic acids is 1. The second-order valence-electron chi connectivity index (χ2n) is 11.1. The second-order valence-corrected chi connectivity index (χ2v) is 11.1. The minimum absolute atomic E-state index is 0. The van der Waals surface area contributed by atoms with Gasteiger partial charge >= 0.3 is 17.8 Å². The van der Waals surface area contributed by atoms with Crippen LogP contribution in [0.15, 0.2) is 101 Å². The number of carbonyl (C=O) groups is 2. The summed E-state index contributed by atoms with van der Waals surface area (Å²) in [5, 5.41) is 11.2. The highest BCUT2D eigenvalue weighted by Crippen LogP contribution is 2.18. The van der Waals surface area contributed by atoms with Crippen molar-refractivity contribution in [2.45, 2.75) is 66.0 Å². The Hall–Kier alpha value is -4.96. The lowest BCUT2D eigenvalue weighted by atomic mass is 9.98. The van der Waals surface area contributed by atoms with Crippen LogP contribution in [-0.2, 0) is 40.6 Å². The third-order valence-corrected chi connectivity index (χ3v) is 6.89. The predicted molar refractivity (Wildman–Crippen MR) is 174 cm³/mol. The molecule has 45 heavy (non-hydrogen) atoms. The lowest BCUT2D eigenvalue weighted by molar-refractivity contribution is -0.140. The summed E-state index contributed by atoms with van der Waals surface area (Å²) in [7, 11) is 0. The Balaban J connectivity index is 0.000000340. The molecule has 0 radical (unpaired) electrons. The number of hydrogen-bond acceptors (Lipinski definition) is 6. The van der Waals surface area contributed by atoms with Crippen LogP contribution in [-0.4, -0.2) is 32.8 Å². The molecule has 1 atom stereocenters. The van der Waals surface area contributed by atoms with Crippen LogP contribution in [0.4, 0.5) is 4.79 Å². The van der Waals surface area contributed by atoms with Crippen LogP contribution in [0.2, 0.25) is 0 Å². The molecule has 4 rings (SSSR count). The molecule has 10 heteroatoms. The summed E-state index contributed by atoms with van der Waals surface area (Å²) >= 11 is 0. The van der Waals surface area contributed by atoms with E-state index < -0.39 is 23.8 Å². The number of amides is 1. The minimum Gasteiger partial charge on any atom is -0.480 e. The number of ether oxygens (including phenoxy) is 2. The fourth-order valence-electron chi connectivity index (χ4n) is 4.58. The molecule has 0 spiro atoms. The van der Waals surface area contributed by atoms with E-state index in [9.17, 15) is 19.2 Å². The quantitative estimate of drug-likeness (QED) is 0.185. The number of aromatic amines is 1. The summed E-state index contributed by atoms with van der Waals surface area (Å²) in [6.45, 7) is 7.96. The molecule has 0 aliphatic heterocycles. The second kappa shape index (κ2) is 17.4. The van der Waals surface area contributed by atoms with E-state index in [4.69, 9.17) is 14.6 Å². The lowest BCUT2D eigenvalue weighted by Gasteiger charge is -2.18. The van der Waals surface area contributed by atoms with Crippen molar-refractivity contribution in [1.82, 2.24) is 14.9 Å². The zero-order valence-corrected chi connectivity index (χ0v) is 26.1. The molecule has 0 saturated carbocycles. The molecule has 3 aromatic carbocycles. The molecule has 4 aromatic rings. The largest absolute Gasteiger partial charge is 0.480 e. The van der Waals surface area contributed by atoms with E-state index in [2.05, 4.69) is 10.3 Å². The zero-order chi connectivity index (χ0) is 32.8. The van der Waals surface area contributed by atoms with Crippen molar-refractivity contribution in [2.75, 3.05) is 0 Å². The van der Waals surface area contributed by atoms with Gasteiger partial charge in [0.1, 0.15) is 19.4 Å². The summed E-state index contributed by atoms with van der Waals surface area (Å²) in [5.74, 6) is -1.28. The molecule has 0 fully saturated rings. The SMILES string of the molecule is CC(C)C(NC(=O)OCc1ccccc1)C(=O)O.CC(C)c1c(Cc2ccccc2)n(COCc2ccccc2)c(=O)[nH]c1=O.[HH]. The highest BCUT2D eigenvalue weighted by molar-refractivity contribution is 5.80. The molecule has 0 aliphatic carbocycles. The number of nitrogens with one attached hydrogen (secondary N) is 2. The number of H-pyrrole nitrogens is 1. The lowest BCUT2D eigenvalue weighted by Crippen LogP contribution is -2.44. The maximum absolute atomic E-state index is 12.5. The fraction of sp³-hybridized carbons (Fsp3) is 0.314. The fourth-order valence-corrected chi connectivity index (χ4v) is 4.58. The number of carboxylic acids is 1. The highest BCUT2D eigenvalue weighted by atomic mass is 16.5. The van der Waals surface area contributed by atoms with Gasteiger partial charge in [0.05, 0.1) is 6.61 Å². The van der Waals surface area contributed by atoms with Gasteiger partial charge in [-0.15, -0.1) is 0 Å². The van der Waals surface area contributed by atoms with Gasteiger partial charge in [-0.25, -0.2) is 14.4 Å². The molecule has 1 unspecified atom stereocenters. The molecule has 1 aromatic heterocycles. The number of alkyl carbamates (subject to hydrolysis) is 1. The van der Waals surface area contributed by atoms with Gasteiger partial charge in [0, 0.05) is 19.1 Å². The van der Waals surface area contributed by atoms with E-state index in [1.807, 2.05) is 105 Å². The van der Waals surface area contributed by atoms with Crippen molar-refractivity contribution in [3.05, 3.63) is 140 Å². The van der Waals surface area contributed by atoms with Crippen molar-refractivity contribution in [3.63, 3.8) is 0 Å². The molecular weight excluding hydrogens is 574 g/mol. The number of nitrogens with zero attached hydrogens (tertiary/aromatic N) is 1. The molecule has 3 N–H and O–H groups in total. The smallest absolute Gasteiger partial charge is 0.408 e. The van der Waals surface area contributed by atoms with Crippen molar-refractivity contribution >= 4 is 12.1 Å². The molecule has 1 amide bonds. The van der Waals surface area contributed by atoms with Crippen LogP contribution in [0.1, 0.15) is 63.0 Å². The van der Waals surface area contributed by atoms with Gasteiger partial charge in [0.15, 0.2) is 0 Å². The number of rotatable bonds is 12. The maximum Gasteiger partial charge on any atom is 0.408 e. The average molecular weight is 618 g/mol. The van der Waals surface area contributed by atoms with E-state index in [0.717, 1.165) is 16.7 Å². The Kier molecular flexibility index (Phi) is 13.3. The van der Waals surface area contributed by atoms with Crippen LogP contribution >= 0.6 is 0 Å². The van der Waals surface area contributed by atoms with Gasteiger partial charge in [-0.3, -0.25) is 14.3 Å². The Morgan fingerprint density at radius 3 is 1.82 bits per heavy atom. The van der Waals surface area contributed by atoms with Crippen molar-refractivity contribution < 1.29 is 25.6 Å². The van der Waals surface area contributed by atoms with Gasteiger partial charge in [0.25, 0.3) is 5.56 Å². The van der Waals surface area contributed by atoms with E-state index in [-0.39, 0.29) is 32.2 Å². The third kappa shape index (κ3) is 10.9. The molecule has 1 heterocycles. The van der Waals surface area contributed by atoms with E-state index in [0.29, 0.717) is 24.3 Å². The summed E-state index contributed by atoms with van der Waals surface area (Å²) in [6.07, 6.45) is -0.220. The Morgan fingerprint density at radius 2 is 1.33 bits per heavy atom. The first-order valence-electron chi connectivity index (χ1n) is 14.8. The zero-order valence-electron chi connectivity index (χ0n) is 26.1. The molecule has 0 bridgehead atoms. The van der Waals surface area contributed by atoms with Crippen LogP contribution in [0, 0.1) is 5.92 Å². The van der Waals surface area contributed by atoms with Gasteiger partial charge in [-0.1, -0.05) is 119 Å². The van der Waals surface area contributed by atoms with Crippen molar-refractivity contribution in [1.29, 1.82) is 0 Å². The first-order chi connectivity index (χ1) is 21.6. The monoisotopic (exact) mass is 617 g/mol. The summed E-state index contributed by atoms with van der Waals surface area (Å²) in [6, 6.07) is 27.9. The van der Waals surface area contributed by atoms with Crippen LogP contribution in [0.25, 0.3) is 0 Å². The highest BCUT2D eigenvalue weighted by Gasteiger charge is 2.24. The van der Waals surface area contributed by atoms with Crippen LogP contribution in [0.3, 0.4) is 0 Å². The van der Waals surface area contributed by atoms with Gasteiger partial charge < -0.3 is 19.9 Å². The molecular formula is C35H43N3O7. The maximum atomic E-state index is 12.5. The Morgan fingerprint density at radius 1 is 0.822 bits per heavy atom. The third-order valence-electron chi connectivity index (χ3n) is 6.89. The number of carboxylic acid groups (broad SMARTS) is 1. The van der Waals surface area contributed by atoms with Gasteiger partial charge in [0.2, 0.25) is 0 Å². The van der Waals surface area contributed by atoms with Crippen LogP contribution in [0.5, 0.6) is 0 Å². The van der Waals surface area contributed by atoms with E-state index in [1.54, 1.807) is 13.8 Å². The minimum atomic E-state index is -1.07. The topological polar surface area (TPSA) is 140 Å². The molecule has 0 saturated heterocycles. The number of carbonyl (C=O) groups excluding carboxylic acids is 1. The predicted octanol–water partition coefficient (Wildman–Crippen LogP) is 5.69. The number of aromatic nitrogens is 2. The van der Waals surface area contributed by atoms with E-state index >= 15 is 0 Å². The Bertz CT molecular complexity index is 1620. The molecule has 10 nitrogen and oxygen atoms in total. The summed E-state index contributed by atoms with van der Waals surface area (Å²) in [5.41, 5.74) is 3.50. The number of hydrogen-bond donors (Lipinski definition) is 3. The Labute approximate surface area is 264 Å². The normalized spacial score (nSPS) is 11.4. The molecule has 240 valence electrons. The summed E-state index contributed by atoms with van der Waals surface area (Å²) in [4.78, 5) is 49.7. The number of benzene rings is 3. The summed E-state index contributed by atoms with van der Waals surface area (Å²) < 4.78 is 12.3. The average Bonchev–Trinajstić information content (AvgIpc) is 3.01. The first-order valence-corrected chi connectivity index (χ1v) is 14.8. The standard InChI is InChI=1S/C22H24N2O3.C13H17NO4.H2/c1-16(2)20-19(13-17-9-5-3-6-10-17)24(22(26)23-21(20)25)15-27-14-18-11-7-4-8-12-18;1-9(2)11(12(15)16)14-13(17)18-8-10-6-4-3-5-7-10;/h3-12,16H,13-15H2,1-2H3,(H,23,25,26);3-7,9,11H,8H2,1-2H3,(H,14,17)(H,15,16);1H. The van der Waals surface area contributed by atoms with Crippen molar-refractivity contribution in [3.8, 4) is 0 Å². The van der Waals surface area contributed by atoms with Crippen LogP contribution < -0.4 is 16.6 Å². The van der Waals surface area contributed by atoms with Gasteiger partial charge in [-0.05, 0) is 28.5 Å². The van der Waals surface area contributed by atoms with Gasteiger partial charge in [-0.2, -0.15) is 0 Å². The van der Waals surface area contributed by atoms with E-state index in [1.165, 1.54) is 4.57 Å². The van der Waals surface area contributed by atoms with Crippen molar-refractivity contribution in [2.24, 2.45) is 5.92 Å².